The van der Waals surface area contributed by atoms with E-state index in [0.717, 1.165) is 0 Å². The highest BCUT2D eigenvalue weighted by molar-refractivity contribution is 5.77. The van der Waals surface area contributed by atoms with E-state index in [1.54, 1.807) is 19.1 Å². The number of ether oxygens (including phenoxy) is 3. The van der Waals surface area contributed by atoms with E-state index in [0.29, 0.717) is 11.5 Å². The van der Waals surface area contributed by atoms with Crippen molar-refractivity contribution in [2.24, 2.45) is 5.11 Å². The van der Waals surface area contributed by atoms with Crippen molar-refractivity contribution in [2.75, 3.05) is 20.8 Å². The third-order valence-electron chi connectivity index (χ3n) is 2.76. The fraction of sp³-hybridized carbons (Fsp3) is 0.462. The van der Waals surface area contributed by atoms with Crippen molar-refractivity contribution in [3.8, 4) is 11.5 Å². The standard InChI is InChI=1S/C13H17N3O5/c1-4-21-13(18)11(15-16-14)12(17)9-7-8(19-2)5-6-10(9)20-3/h5-7,11-12,17H,4H2,1-3H3. The molecule has 0 aliphatic carbocycles. The van der Waals surface area contributed by atoms with Crippen molar-refractivity contribution in [2.45, 2.75) is 19.1 Å². The zero-order valence-corrected chi connectivity index (χ0v) is 12.0. The van der Waals surface area contributed by atoms with Crippen LogP contribution in [0.2, 0.25) is 0 Å². The molecule has 0 heterocycles. The Morgan fingerprint density at radius 1 is 1.43 bits per heavy atom. The Hall–Kier alpha value is -2.44. The van der Waals surface area contributed by atoms with Crippen LogP contribution in [0.5, 0.6) is 11.5 Å². The van der Waals surface area contributed by atoms with Crippen molar-refractivity contribution < 1.29 is 24.1 Å². The first-order valence-corrected chi connectivity index (χ1v) is 6.19. The molecule has 0 amide bonds. The van der Waals surface area contributed by atoms with Gasteiger partial charge in [0.25, 0.3) is 0 Å². The van der Waals surface area contributed by atoms with Gasteiger partial charge in [0.1, 0.15) is 17.6 Å². The van der Waals surface area contributed by atoms with Crippen LogP contribution in [0.4, 0.5) is 0 Å². The van der Waals surface area contributed by atoms with Crippen LogP contribution in [-0.4, -0.2) is 37.9 Å². The van der Waals surface area contributed by atoms with E-state index in [9.17, 15) is 9.90 Å². The Bertz CT molecular complexity index is 543. The maximum absolute atomic E-state index is 11.8. The lowest BCUT2D eigenvalue weighted by molar-refractivity contribution is -0.147. The van der Waals surface area contributed by atoms with Gasteiger partial charge in [0, 0.05) is 10.5 Å². The van der Waals surface area contributed by atoms with E-state index in [1.165, 1.54) is 20.3 Å². The molecule has 8 nitrogen and oxygen atoms in total. The number of benzene rings is 1. The second-order valence-corrected chi connectivity index (χ2v) is 3.95. The van der Waals surface area contributed by atoms with E-state index < -0.39 is 18.1 Å². The summed E-state index contributed by atoms with van der Waals surface area (Å²) in [5, 5.41) is 13.6. The van der Waals surface area contributed by atoms with Gasteiger partial charge in [-0.3, -0.25) is 4.79 Å². The average Bonchev–Trinajstić information content (AvgIpc) is 2.51. The van der Waals surface area contributed by atoms with Crippen LogP contribution in [0.15, 0.2) is 23.3 Å². The molecule has 1 N–H and O–H groups in total. The first-order chi connectivity index (χ1) is 10.1. The minimum Gasteiger partial charge on any atom is -0.497 e. The van der Waals surface area contributed by atoms with Crippen LogP contribution in [0.3, 0.4) is 0 Å². The van der Waals surface area contributed by atoms with Crippen LogP contribution in [0.1, 0.15) is 18.6 Å². The minimum absolute atomic E-state index is 0.109. The second-order valence-electron chi connectivity index (χ2n) is 3.95. The number of esters is 1. The van der Waals surface area contributed by atoms with Gasteiger partial charge >= 0.3 is 5.97 Å². The fourth-order valence-corrected chi connectivity index (χ4v) is 1.76. The predicted octanol–water partition coefficient (Wildman–Crippen LogP) is 1.98. The number of carbonyl (C=O) groups excluding carboxylic acids is 1. The molecule has 0 radical (unpaired) electrons. The molecule has 0 aliphatic heterocycles. The minimum atomic E-state index is -1.41. The van der Waals surface area contributed by atoms with Crippen LogP contribution in [0.25, 0.3) is 10.4 Å². The van der Waals surface area contributed by atoms with Crippen molar-refractivity contribution >= 4 is 5.97 Å². The second kappa shape index (κ2) is 7.98. The number of rotatable bonds is 7. The van der Waals surface area contributed by atoms with Crippen LogP contribution in [0, 0.1) is 0 Å². The molecule has 1 rings (SSSR count). The maximum atomic E-state index is 11.8. The summed E-state index contributed by atoms with van der Waals surface area (Å²) in [4.78, 5) is 14.4. The van der Waals surface area contributed by atoms with Gasteiger partial charge in [0.05, 0.1) is 20.8 Å². The summed E-state index contributed by atoms with van der Waals surface area (Å²) >= 11 is 0. The third-order valence-corrected chi connectivity index (χ3v) is 2.76. The van der Waals surface area contributed by atoms with E-state index in [1.807, 2.05) is 0 Å². The quantitative estimate of drug-likeness (QED) is 0.357. The topological polar surface area (TPSA) is 114 Å². The Morgan fingerprint density at radius 2 is 2.14 bits per heavy atom. The van der Waals surface area contributed by atoms with Gasteiger partial charge < -0.3 is 19.3 Å². The monoisotopic (exact) mass is 295 g/mol. The third kappa shape index (κ3) is 4.01. The van der Waals surface area contributed by atoms with E-state index in [-0.39, 0.29) is 12.2 Å². The number of carbonyl (C=O) groups is 1. The number of methoxy groups -OCH3 is 2. The Morgan fingerprint density at radius 3 is 2.67 bits per heavy atom. The predicted molar refractivity (Wildman–Crippen MR) is 74.1 cm³/mol. The lowest BCUT2D eigenvalue weighted by atomic mass is 10.0. The molecule has 0 bridgehead atoms. The highest BCUT2D eigenvalue weighted by atomic mass is 16.5. The summed E-state index contributed by atoms with van der Waals surface area (Å²) in [6, 6.07) is 3.32. The lowest BCUT2D eigenvalue weighted by Gasteiger charge is -2.20. The summed E-state index contributed by atoms with van der Waals surface area (Å²) in [6.45, 7) is 1.72. The summed E-state index contributed by atoms with van der Waals surface area (Å²) in [6.07, 6.45) is -1.41. The van der Waals surface area contributed by atoms with Gasteiger partial charge in [0.15, 0.2) is 6.04 Å². The first kappa shape index (κ1) is 16.6. The van der Waals surface area contributed by atoms with Gasteiger partial charge in [0.2, 0.25) is 0 Å². The maximum Gasteiger partial charge on any atom is 0.317 e. The Balaban J connectivity index is 3.21. The highest BCUT2D eigenvalue weighted by Crippen LogP contribution is 2.32. The van der Waals surface area contributed by atoms with E-state index >= 15 is 0 Å². The van der Waals surface area contributed by atoms with E-state index in [4.69, 9.17) is 19.7 Å². The molecule has 0 aliphatic rings. The molecular formula is C13H17N3O5. The number of hydrogen-bond donors (Lipinski definition) is 1. The highest BCUT2D eigenvalue weighted by Gasteiger charge is 2.30. The molecule has 0 spiro atoms. The number of hydrogen-bond acceptors (Lipinski definition) is 6. The molecule has 1 aromatic carbocycles. The van der Waals surface area contributed by atoms with Crippen LogP contribution >= 0.6 is 0 Å². The van der Waals surface area contributed by atoms with Crippen molar-refractivity contribution in [3.05, 3.63) is 34.2 Å². The first-order valence-electron chi connectivity index (χ1n) is 6.19. The summed E-state index contributed by atoms with van der Waals surface area (Å²) in [7, 11) is 2.89. The van der Waals surface area contributed by atoms with Gasteiger partial charge in [-0.1, -0.05) is 5.11 Å². The molecule has 1 aromatic rings. The summed E-state index contributed by atoms with van der Waals surface area (Å²) in [5.74, 6) is -0.00759. The van der Waals surface area contributed by atoms with E-state index in [2.05, 4.69) is 10.0 Å². The lowest BCUT2D eigenvalue weighted by Crippen LogP contribution is -2.28. The molecular weight excluding hydrogens is 278 g/mol. The number of aliphatic hydroxyl groups excluding tert-OH is 1. The summed E-state index contributed by atoms with van der Waals surface area (Å²) in [5.41, 5.74) is 8.83. The SMILES string of the molecule is CCOC(=O)C(N=[N+]=[N-])C(O)c1cc(OC)ccc1OC. The smallest absolute Gasteiger partial charge is 0.317 e. The molecule has 2 atom stereocenters. The van der Waals surface area contributed by atoms with Crippen molar-refractivity contribution in [3.63, 3.8) is 0 Å². The number of nitrogens with zero attached hydrogens (tertiary/aromatic N) is 3. The molecule has 0 fully saturated rings. The van der Waals surface area contributed by atoms with Crippen molar-refractivity contribution in [1.29, 1.82) is 0 Å². The largest absolute Gasteiger partial charge is 0.497 e. The normalized spacial score (nSPS) is 12.8. The zero-order chi connectivity index (χ0) is 15.8. The average molecular weight is 295 g/mol. The molecule has 114 valence electrons. The molecule has 0 saturated heterocycles. The fourth-order valence-electron chi connectivity index (χ4n) is 1.76. The number of azide groups is 1. The van der Waals surface area contributed by atoms with Crippen LogP contribution in [-0.2, 0) is 9.53 Å². The number of aliphatic hydroxyl groups is 1. The van der Waals surface area contributed by atoms with Crippen molar-refractivity contribution in [1.82, 2.24) is 0 Å². The molecule has 0 aromatic heterocycles. The van der Waals surface area contributed by atoms with Gasteiger partial charge in [-0.15, -0.1) is 0 Å². The van der Waals surface area contributed by atoms with Crippen LogP contribution < -0.4 is 9.47 Å². The Kier molecular flexibility index (Phi) is 6.32. The van der Waals surface area contributed by atoms with Gasteiger partial charge in [-0.25, -0.2) is 0 Å². The zero-order valence-electron chi connectivity index (χ0n) is 12.0. The van der Waals surface area contributed by atoms with Gasteiger partial charge in [-0.2, -0.15) is 0 Å². The summed E-state index contributed by atoms with van der Waals surface area (Å²) < 4.78 is 15.0. The van der Waals surface area contributed by atoms with Gasteiger partial charge in [-0.05, 0) is 30.7 Å². The molecule has 0 saturated carbocycles. The Labute approximate surface area is 121 Å². The molecule has 8 heteroatoms. The molecule has 21 heavy (non-hydrogen) atoms. The molecule has 2 unspecified atom stereocenters.